The summed E-state index contributed by atoms with van der Waals surface area (Å²) < 4.78 is 0. The lowest BCUT2D eigenvalue weighted by Crippen LogP contribution is -2.21. The van der Waals surface area contributed by atoms with Crippen LogP contribution in [0.2, 0.25) is 0 Å². The van der Waals surface area contributed by atoms with E-state index in [0.717, 1.165) is 18.9 Å². The first-order valence-corrected chi connectivity index (χ1v) is 5.78. The largest absolute Gasteiger partial charge is 0.348 e. The van der Waals surface area contributed by atoms with E-state index in [1.807, 2.05) is 6.26 Å². The molecular formula is C10H10N4S. The average molecular weight is 218 g/mol. The molecule has 0 spiro atoms. The predicted molar refractivity (Wildman–Crippen MR) is 59.9 cm³/mol. The van der Waals surface area contributed by atoms with Gasteiger partial charge in [0, 0.05) is 13.1 Å². The molecule has 2 heterocycles. The molecule has 0 fully saturated rings. The fourth-order valence-electron chi connectivity index (χ4n) is 1.43. The first-order chi connectivity index (χ1) is 7.35. The van der Waals surface area contributed by atoms with Crippen molar-refractivity contribution in [3.8, 4) is 6.07 Å². The van der Waals surface area contributed by atoms with Gasteiger partial charge >= 0.3 is 0 Å². The summed E-state index contributed by atoms with van der Waals surface area (Å²) in [7, 11) is 0. The van der Waals surface area contributed by atoms with Crippen molar-refractivity contribution in [2.45, 2.75) is 5.16 Å². The molecule has 2 rings (SSSR count). The van der Waals surface area contributed by atoms with Gasteiger partial charge in [0.1, 0.15) is 11.6 Å². The van der Waals surface area contributed by atoms with Crippen molar-refractivity contribution in [2.75, 3.05) is 24.2 Å². The highest BCUT2D eigenvalue weighted by Crippen LogP contribution is 2.21. The molecule has 5 heteroatoms. The van der Waals surface area contributed by atoms with E-state index in [9.17, 15) is 0 Å². The van der Waals surface area contributed by atoms with Crippen molar-refractivity contribution in [3.63, 3.8) is 0 Å². The van der Waals surface area contributed by atoms with E-state index in [0.29, 0.717) is 10.7 Å². The quantitative estimate of drug-likeness (QED) is 0.427. The maximum absolute atomic E-state index is 8.96. The first-order valence-electron chi connectivity index (χ1n) is 4.56. The van der Waals surface area contributed by atoms with Crippen LogP contribution in [0.25, 0.3) is 0 Å². The molecule has 15 heavy (non-hydrogen) atoms. The minimum atomic E-state index is 0.538. The van der Waals surface area contributed by atoms with Gasteiger partial charge in [0.15, 0.2) is 11.0 Å². The maximum Gasteiger partial charge on any atom is 0.189 e. The SMILES string of the molecule is CSc1ncc(C#N)c(N2CC=CC2)n1. The second-order valence-corrected chi connectivity index (χ2v) is 3.86. The van der Waals surface area contributed by atoms with E-state index >= 15 is 0 Å². The zero-order chi connectivity index (χ0) is 10.7. The van der Waals surface area contributed by atoms with E-state index in [1.54, 1.807) is 6.20 Å². The highest BCUT2D eigenvalue weighted by Gasteiger charge is 2.15. The summed E-state index contributed by atoms with van der Waals surface area (Å²) in [6.07, 6.45) is 7.66. The van der Waals surface area contributed by atoms with Crippen LogP contribution in [0.4, 0.5) is 5.82 Å². The zero-order valence-electron chi connectivity index (χ0n) is 8.34. The molecule has 1 aliphatic heterocycles. The fraction of sp³-hybridized carbons (Fsp3) is 0.300. The van der Waals surface area contributed by atoms with Crippen molar-refractivity contribution in [1.29, 1.82) is 5.26 Å². The Balaban J connectivity index is 2.38. The van der Waals surface area contributed by atoms with Gasteiger partial charge in [-0.3, -0.25) is 0 Å². The number of nitrogens with zero attached hydrogens (tertiary/aromatic N) is 4. The monoisotopic (exact) mass is 218 g/mol. The third-order valence-corrected chi connectivity index (χ3v) is 2.73. The standard InChI is InChI=1S/C10H10N4S/c1-15-10-12-7-8(6-11)9(13-10)14-4-2-3-5-14/h2-3,7H,4-5H2,1H3. The zero-order valence-corrected chi connectivity index (χ0v) is 9.16. The number of hydrogen-bond donors (Lipinski definition) is 0. The van der Waals surface area contributed by atoms with Gasteiger partial charge in [-0.15, -0.1) is 0 Å². The van der Waals surface area contributed by atoms with E-state index in [4.69, 9.17) is 5.26 Å². The lowest BCUT2D eigenvalue weighted by Gasteiger charge is -2.17. The molecule has 1 aliphatic rings. The third-order valence-electron chi connectivity index (χ3n) is 2.17. The Morgan fingerprint density at radius 1 is 1.47 bits per heavy atom. The third kappa shape index (κ3) is 1.95. The normalized spacial score (nSPS) is 14.3. The van der Waals surface area contributed by atoms with Crippen LogP contribution in [0.3, 0.4) is 0 Å². The minimum absolute atomic E-state index is 0.538. The Kier molecular flexibility index (Phi) is 2.88. The van der Waals surface area contributed by atoms with Gasteiger partial charge in [0.2, 0.25) is 0 Å². The Labute approximate surface area is 92.6 Å². The van der Waals surface area contributed by atoms with Crippen LogP contribution in [-0.4, -0.2) is 29.3 Å². The van der Waals surface area contributed by atoms with Crippen LogP contribution in [0.15, 0.2) is 23.5 Å². The molecule has 0 N–H and O–H groups in total. The minimum Gasteiger partial charge on any atom is -0.348 e. The molecule has 0 aromatic carbocycles. The average Bonchev–Trinajstić information content (AvgIpc) is 2.81. The fourth-order valence-corrected chi connectivity index (χ4v) is 1.76. The van der Waals surface area contributed by atoms with Gasteiger partial charge in [-0.1, -0.05) is 23.9 Å². The van der Waals surface area contributed by atoms with Gasteiger partial charge in [0.05, 0.1) is 6.20 Å². The molecule has 1 aromatic rings. The number of anilines is 1. The number of thioether (sulfide) groups is 1. The van der Waals surface area contributed by atoms with Gasteiger partial charge in [-0.25, -0.2) is 9.97 Å². The van der Waals surface area contributed by atoms with Gasteiger partial charge in [0.25, 0.3) is 0 Å². The molecule has 76 valence electrons. The summed E-state index contributed by atoms with van der Waals surface area (Å²) >= 11 is 1.48. The van der Waals surface area contributed by atoms with Crippen LogP contribution in [-0.2, 0) is 0 Å². The summed E-state index contributed by atoms with van der Waals surface area (Å²) in [4.78, 5) is 10.5. The number of hydrogen-bond acceptors (Lipinski definition) is 5. The van der Waals surface area contributed by atoms with E-state index in [-0.39, 0.29) is 0 Å². The van der Waals surface area contributed by atoms with E-state index in [2.05, 4.69) is 33.1 Å². The second-order valence-electron chi connectivity index (χ2n) is 3.08. The van der Waals surface area contributed by atoms with Crippen LogP contribution in [0.5, 0.6) is 0 Å². The molecule has 0 radical (unpaired) electrons. The summed E-state index contributed by atoms with van der Waals surface area (Å²) in [6.45, 7) is 1.64. The Hall–Kier alpha value is -1.54. The molecule has 0 aliphatic carbocycles. The Bertz CT molecular complexity index is 428. The highest BCUT2D eigenvalue weighted by atomic mass is 32.2. The molecule has 0 saturated heterocycles. The summed E-state index contributed by atoms with van der Waals surface area (Å²) in [5, 5.41) is 9.66. The molecule has 0 atom stereocenters. The van der Waals surface area contributed by atoms with Crippen molar-refractivity contribution in [2.24, 2.45) is 0 Å². The molecule has 0 saturated carbocycles. The number of rotatable bonds is 2. The molecule has 1 aromatic heterocycles. The number of nitriles is 1. The van der Waals surface area contributed by atoms with Crippen molar-refractivity contribution < 1.29 is 0 Å². The number of aromatic nitrogens is 2. The second kappa shape index (κ2) is 4.32. The van der Waals surface area contributed by atoms with Crippen molar-refractivity contribution >= 4 is 17.6 Å². The van der Waals surface area contributed by atoms with E-state index < -0.39 is 0 Å². The molecular weight excluding hydrogens is 208 g/mol. The lowest BCUT2D eigenvalue weighted by atomic mass is 10.3. The Morgan fingerprint density at radius 2 is 2.20 bits per heavy atom. The predicted octanol–water partition coefficient (Wildman–Crippen LogP) is 1.45. The summed E-state index contributed by atoms with van der Waals surface area (Å²) in [5.41, 5.74) is 0.538. The maximum atomic E-state index is 8.96. The van der Waals surface area contributed by atoms with Gasteiger partial charge in [-0.05, 0) is 6.26 Å². The topological polar surface area (TPSA) is 52.8 Å². The van der Waals surface area contributed by atoms with Gasteiger partial charge in [-0.2, -0.15) is 5.26 Å². The highest BCUT2D eigenvalue weighted by molar-refractivity contribution is 7.98. The van der Waals surface area contributed by atoms with Crippen LogP contribution >= 0.6 is 11.8 Å². The smallest absolute Gasteiger partial charge is 0.189 e. The van der Waals surface area contributed by atoms with Crippen LogP contribution in [0.1, 0.15) is 5.56 Å². The molecule has 0 bridgehead atoms. The van der Waals surface area contributed by atoms with Crippen LogP contribution < -0.4 is 4.90 Å². The van der Waals surface area contributed by atoms with Crippen molar-refractivity contribution in [1.82, 2.24) is 9.97 Å². The van der Waals surface area contributed by atoms with Crippen LogP contribution in [0, 0.1) is 11.3 Å². The summed E-state index contributed by atoms with van der Waals surface area (Å²) in [6, 6.07) is 2.12. The first kappa shape index (κ1) is 9.99. The molecule has 0 unspecified atom stereocenters. The molecule has 0 amide bonds. The molecule has 4 nitrogen and oxygen atoms in total. The van der Waals surface area contributed by atoms with E-state index in [1.165, 1.54) is 11.8 Å². The lowest BCUT2D eigenvalue weighted by molar-refractivity contribution is 0.889. The van der Waals surface area contributed by atoms with Gasteiger partial charge < -0.3 is 4.90 Å². The van der Waals surface area contributed by atoms with Crippen molar-refractivity contribution in [3.05, 3.63) is 23.9 Å². The summed E-state index contributed by atoms with van der Waals surface area (Å²) in [5.74, 6) is 0.738. The Morgan fingerprint density at radius 3 is 2.80 bits per heavy atom.